The van der Waals surface area contributed by atoms with Crippen molar-refractivity contribution in [2.24, 2.45) is 0 Å². The van der Waals surface area contributed by atoms with E-state index in [4.69, 9.17) is 21.1 Å². The van der Waals surface area contributed by atoms with Crippen molar-refractivity contribution >= 4 is 35.3 Å². The number of pyridine rings is 1. The summed E-state index contributed by atoms with van der Waals surface area (Å²) < 4.78 is 12.1. The summed E-state index contributed by atoms with van der Waals surface area (Å²) in [6, 6.07) is 2.54. The molecule has 12 nitrogen and oxygen atoms in total. The molecule has 0 radical (unpaired) electrons. The van der Waals surface area contributed by atoms with Crippen molar-refractivity contribution in [3.63, 3.8) is 0 Å². The van der Waals surface area contributed by atoms with Gasteiger partial charge in [0.15, 0.2) is 10.8 Å². The van der Waals surface area contributed by atoms with Gasteiger partial charge in [-0.3, -0.25) is 19.7 Å². The van der Waals surface area contributed by atoms with E-state index in [2.05, 4.69) is 15.4 Å². The Morgan fingerprint density at radius 1 is 1.11 bits per heavy atom. The second-order valence-electron chi connectivity index (χ2n) is 9.45. The molecule has 192 valence electrons. The number of nitrogens with zero attached hydrogens (tertiary/aromatic N) is 5. The van der Waals surface area contributed by atoms with Crippen LogP contribution in [0, 0.1) is 0 Å². The molecule has 1 N–H and O–H groups in total. The first kappa shape index (κ1) is 25.4. The normalized spacial score (nSPS) is 18.6. The van der Waals surface area contributed by atoms with Crippen LogP contribution < -0.4 is 20.5 Å². The molecule has 3 amide bonds. The monoisotopic (exact) mass is 518 g/mol. The van der Waals surface area contributed by atoms with Crippen molar-refractivity contribution in [3.05, 3.63) is 39.9 Å². The molecule has 36 heavy (non-hydrogen) atoms. The fraction of sp³-hybridized carbons (Fsp3) is 0.478. The van der Waals surface area contributed by atoms with Crippen molar-refractivity contribution < 1.29 is 23.9 Å². The molecule has 0 saturated carbocycles. The minimum Gasteiger partial charge on any atom is -0.452 e. The van der Waals surface area contributed by atoms with E-state index in [1.807, 2.05) is 25.7 Å². The van der Waals surface area contributed by atoms with E-state index in [0.29, 0.717) is 37.7 Å². The first-order valence-corrected chi connectivity index (χ1v) is 11.9. The van der Waals surface area contributed by atoms with Crippen LogP contribution in [0.2, 0.25) is 5.02 Å². The van der Waals surface area contributed by atoms with Gasteiger partial charge in [0.2, 0.25) is 5.91 Å². The molecule has 2 fully saturated rings. The van der Waals surface area contributed by atoms with Crippen LogP contribution in [0.3, 0.4) is 0 Å². The van der Waals surface area contributed by atoms with E-state index < -0.39 is 29.0 Å². The molecule has 0 bridgehead atoms. The Balaban J connectivity index is 1.38. The van der Waals surface area contributed by atoms with Crippen LogP contribution >= 0.6 is 11.6 Å². The highest BCUT2D eigenvalue weighted by Gasteiger charge is 2.31. The van der Waals surface area contributed by atoms with Gasteiger partial charge in [0.25, 0.3) is 11.5 Å². The lowest BCUT2D eigenvalue weighted by atomic mass is 10.1. The van der Waals surface area contributed by atoms with Crippen LogP contribution in [-0.2, 0) is 14.3 Å². The van der Waals surface area contributed by atoms with Gasteiger partial charge in [0, 0.05) is 32.6 Å². The average Bonchev–Trinajstić information content (AvgIpc) is 2.82. The summed E-state index contributed by atoms with van der Waals surface area (Å²) in [6.45, 7) is 7.73. The summed E-state index contributed by atoms with van der Waals surface area (Å²) in [5.41, 5.74) is -1.24. The third-order valence-electron chi connectivity index (χ3n) is 5.62. The minimum atomic E-state index is -0.918. The van der Waals surface area contributed by atoms with Gasteiger partial charge in [-0.1, -0.05) is 11.6 Å². The maximum Gasteiger partial charge on any atom is 0.410 e. The Hall–Kier alpha value is -3.67. The zero-order chi connectivity index (χ0) is 26.0. The summed E-state index contributed by atoms with van der Waals surface area (Å²) >= 11 is 6.21. The molecular weight excluding hydrogens is 492 g/mol. The van der Waals surface area contributed by atoms with Gasteiger partial charge in [-0.15, -0.1) is 0 Å². The molecule has 0 aliphatic carbocycles. The molecule has 1 unspecified atom stereocenters. The van der Waals surface area contributed by atoms with Crippen LogP contribution in [0.25, 0.3) is 0 Å². The van der Waals surface area contributed by atoms with E-state index in [9.17, 15) is 19.2 Å². The van der Waals surface area contributed by atoms with Gasteiger partial charge >= 0.3 is 6.09 Å². The zero-order valence-electron chi connectivity index (χ0n) is 20.2. The van der Waals surface area contributed by atoms with Crippen LogP contribution in [0.5, 0.6) is 11.5 Å². The lowest BCUT2D eigenvalue weighted by molar-refractivity contribution is -0.136. The number of piperidine rings is 1. The summed E-state index contributed by atoms with van der Waals surface area (Å²) in [5.74, 6) is 0.0796. The molecule has 2 aromatic heterocycles. The Bertz CT molecular complexity index is 1220. The zero-order valence-corrected chi connectivity index (χ0v) is 20.9. The third kappa shape index (κ3) is 5.76. The maximum atomic E-state index is 12.7. The van der Waals surface area contributed by atoms with E-state index in [1.54, 1.807) is 17.0 Å². The molecule has 1 atom stereocenters. The molecule has 4 rings (SSSR count). The van der Waals surface area contributed by atoms with Gasteiger partial charge < -0.3 is 19.3 Å². The molecule has 2 saturated heterocycles. The number of hydrogen-bond acceptors (Lipinski definition) is 9. The molecule has 4 heterocycles. The molecule has 13 heteroatoms. The van der Waals surface area contributed by atoms with Crippen molar-refractivity contribution in [2.75, 3.05) is 31.1 Å². The first-order chi connectivity index (χ1) is 17.0. The molecule has 2 aliphatic rings. The number of carbonyl (C=O) groups is 3. The van der Waals surface area contributed by atoms with Crippen LogP contribution in [0.15, 0.2) is 29.3 Å². The van der Waals surface area contributed by atoms with Crippen molar-refractivity contribution in [1.29, 1.82) is 0 Å². The fourth-order valence-corrected chi connectivity index (χ4v) is 4.00. The van der Waals surface area contributed by atoms with Crippen LogP contribution in [0.4, 0.5) is 10.6 Å². The highest BCUT2D eigenvalue weighted by molar-refractivity contribution is 6.31. The van der Waals surface area contributed by atoms with E-state index in [0.717, 1.165) is 4.68 Å². The summed E-state index contributed by atoms with van der Waals surface area (Å²) in [4.78, 5) is 56.5. The number of amides is 3. The first-order valence-electron chi connectivity index (χ1n) is 11.5. The fourth-order valence-electron chi connectivity index (χ4n) is 3.83. The van der Waals surface area contributed by atoms with Gasteiger partial charge in [0.05, 0.1) is 12.4 Å². The Morgan fingerprint density at radius 3 is 2.44 bits per heavy atom. The van der Waals surface area contributed by atoms with Gasteiger partial charge in [-0.25, -0.2) is 14.5 Å². The van der Waals surface area contributed by atoms with Crippen molar-refractivity contribution in [2.45, 2.75) is 45.3 Å². The number of hydrogen-bond donors (Lipinski definition) is 1. The highest BCUT2D eigenvalue weighted by Crippen LogP contribution is 2.28. The van der Waals surface area contributed by atoms with Gasteiger partial charge in [0.1, 0.15) is 23.2 Å². The number of nitrogens with one attached hydrogen (secondary N) is 1. The number of piperazine rings is 1. The third-order valence-corrected chi connectivity index (χ3v) is 5.97. The summed E-state index contributed by atoms with van der Waals surface area (Å²) in [7, 11) is 0. The standard InChI is InChI=1S/C23H27ClN6O6/c1-23(2,3)36-22(34)29-10-8-28(9-11-29)17-6-4-14(12-25-17)35-16-13-26-30(21(33)19(16)24)15-5-7-18(31)27-20(15)32/h4,6,12-13,15H,5,7-11H2,1-3H3,(H,27,31,32). The number of aromatic nitrogens is 3. The highest BCUT2D eigenvalue weighted by atomic mass is 35.5. The van der Waals surface area contributed by atoms with Crippen LogP contribution in [0.1, 0.15) is 39.7 Å². The number of carbonyl (C=O) groups excluding carboxylic acids is 3. The Labute approximate surface area is 212 Å². The number of rotatable bonds is 4. The van der Waals surface area contributed by atoms with Crippen molar-refractivity contribution in [1.82, 2.24) is 25.0 Å². The molecular formula is C23H27ClN6O6. The molecule has 2 aliphatic heterocycles. The lowest BCUT2D eigenvalue weighted by Crippen LogP contribution is -2.50. The summed E-state index contributed by atoms with van der Waals surface area (Å²) in [6.07, 6.45) is 2.68. The second kappa shape index (κ2) is 10.1. The Kier molecular flexibility index (Phi) is 7.16. The van der Waals surface area contributed by atoms with E-state index >= 15 is 0 Å². The number of anilines is 1. The maximum absolute atomic E-state index is 12.7. The molecule has 2 aromatic rings. The number of halogens is 1. The van der Waals surface area contributed by atoms with Gasteiger partial charge in [-0.05, 0) is 39.3 Å². The number of imide groups is 1. The number of ether oxygens (including phenoxy) is 2. The van der Waals surface area contributed by atoms with E-state index in [1.165, 1.54) is 12.4 Å². The second-order valence-corrected chi connectivity index (χ2v) is 9.83. The van der Waals surface area contributed by atoms with E-state index in [-0.39, 0.29) is 29.7 Å². The lowest BCUT2D eigenvalue weighted by Gasteiger charge is -2.36. The molecule has 0 aromatic carbocycles. The van der Waals surface area contributed by atoms with Crippen LogP contribution in [-0.4, -0.2) is 69.4 Å². The smallest absolute Gasteiger partial charge is 0.410 e. The SMILES string of the molecule is CC(C)(C)OC(=O)N1CCN(c2ccc(Oc3cnn(C4CCC(=O)NC4=O)c(=O)c3Cl)cn2)CC1. The predicted octanol–water partition coefficient (Wildman–Crippen LogP) is 2.12. The average molecular weight is 519 g/mol. The topological polar surface area (TPSA) is 136 Å². The predicted molar refractivity (Wildman–Crippen MR) is 129 cm³/mol. The van der Waals surface area contributed by atoms with Gasteiger partial charge in [-0.2, -0.15) is 5.10 Å². The largest absolute Gasteiger partial charge is 0.452 e. The minimum absolute atomic E-state index is 0.0192. The quantitative estimate of drug-likeness (QED) is 0.603. The van der Waals surface area contributed by atoms with Crippen molar-refractivity contribution in [3.8, 4) is 11.5 Å². The summed E-state index contributed by atoms with van der Waals surface area (Å²) in [5, 5.41) is 5.97. The Morgan fingerprint density at radius 2 is 1.83 bits per heavy atom. The molecule has 0 spiro atoms.